The molecule has 3 atom stereocenters. The maximum Gasteiger partial charge on any atom is 0.327 e. The number of thioether (sulfide) groups is 1. The fraction of sp³-hybridized carbons (Fsp3) is 0.867. The predicted octanol–water partition coefficient (Wildman–Crippen LogP) is 3.10. The van der Waals surface area contributed by atoms with Gasteiger partial charge in [0, 0.05) is 18.8 Å². The first-order valence-corrected chi connectivity index (χ1v) is 8.55. The van der Waals surface area contributed by atoms with Crippen LogP contribution < -0.4 is 0 Å². The van der Waals surface area contributed by atoms with E-state index in [0.717, 1.165) is 12.8 Å². The third kappa shape index (κ3) is 4.05. The van der Waals surface area contributed by atoms with Crippen molar-refractivity contribution in [2.75, 3.05) is 12.8 Å². The van der Waals surface area contributed by atoms with Crippen LogP contribution in [0.2, 0.25) is 0 Å². The number of urea groups is 1. The highest BCUT2D eigenvalue weighted by molar-refractivity contribution is 8.00. The van der Waals surface area contributed by atoms with E-state index in [-0.39, 0.29) is 22.9 Å². The van der Waals surface area contributed by atoms with E-state index >= 15 is 0 Å². The van der Waals surface area contributed by atoms with E-state index in [2.05, 4.69) is 27.7 Å². The number of rotatable bonds is 4. The maximum atomic E-state index is 12.8. The summed E-state index contributed by atoms with van der Waals surface area (Å²) in [6.07, 6.45) is 1.77. The lowest BCUT2D eigenvalue weighted by Crippen LogP contribution is -2.54. The first-order chi connectivity index (χ1) is 9.61. The number of carboxylic acids is 1. The molecule has 1 aliphatic heterocycles. The Balaban J connectivity index is 2.96. The van der Waals surface area contributed by atoms with Crippen LogP contribution in [0.4, 0.5) is 4.79 Å². The van der Waals surface area contributed by atoms with Gasteiger partial charge in [0.25, 0.3) is 0 Å². The van der Waals surface area contributed by atoms with Crippen molar-refractivity contribution >= 4 is 23.8 Å². The first kappa shape index (κ1) is 18.1. The van der Waals surface area contributed by atoms with Crippen LogP contribution in [0.15, 0.2) is 0 Å². The monoisotopic (exact) mass is 316 g/mol. The second-order valence-electron chi connectivity index (χ2n) is 6.77. The average molecular weight is 316 g/mol. The Bertz CT molecular complexity index is 395. The van der Waals surface area contributed by atoms with E-state index in [1.165, 1.54) is 0 Å². The van der Waals surface area contributed by atoms with Crippen LogP contribution in [0.3, 0.4) is 0 Å². The summed E-state index contributed by atoms with van der Waals surface area (Å²) in [5.41, 5.74) is -0.0454. The minimum absolute atomic E-state index is 0.0294. The van der Waals surface area contributed by atoms with Gasteiger partial charge < -0.3 is 10.0 Å². The summed E-state index contributed by atoms with van der Waals surface area (Å²) < 4.78 is 0. The van der Waals surface area contributed by atoms with E-state index in [9.17, 15) is 14.7 Å². The normalized spacial score (nSPS) is 24.0. The number of carboxylic acid groups (broad SMARTS) is 1. The fourth-order valence-corrected chi connectivity index (χ4v) is 3.92. The van der Waals surface area contributed by atoms with Gasteiger partial charge in [-0.2, -0.15) is 0 Å². The van der Waals surface area contributed by atoms with Crippen molar-refractivity contribution in [3.8, 4) is 0 Å². The smallest absolute Gasteiger partial charge is 0.327 e. The zero-order chi connectivity index (χ0) is 16.4. The Morgan fingerprint density at radius 2 is 2.00 bits per heavy atom. The van der Waals surface area contributed by atoms with Crippen LogP contribution in [0.5, 0.6) is 0 Å². The first-order valence-electron chi connectivity index (χ1n) is 7.50. The van der Waals surface area contributed by atoms with E-state index in [1.54, 1.807) is 28.6 Å². The molecule has 2 amide bonds. The summed E-state index contributed by atoms with van der Waals surface area (Å²) >= 11 is 1.57. The van der Waals surface area contributed by atoms with Gasteiger partial charge in [0.15, 0.2) is 0 Å². The lowest BCUT2D eigenvalue weighted by Gasteiger charge is -2.39. The molecule has 5 nitrogen and oxygen atoms in total. The molecule has 1 heterocycles. The molecule has 6 heteroatoms. The molecule has 1 aliphatic rings. The van der Waals surface area contributed by atoms with Gasteiger partial charge in [-0.25, -0.2) is 9.59 Å². The number of amides is 2. The van der Waals surface area contributed by atoms with Crippen LogP contribution in [0.25, 0.3) is 0 Å². The van der Waals surface area contributed by atoms with Gasteiger partial charge in [0.05, 0.1) is 5.37 Å². The molecule has 0 aromatic heterocycles. The second-order valence-corrected chi connectivity index (χ2v) is 7.98. The average Bonchev–Trinajstić information content (AvgIpc) is 2.79. The maximum absolute atomic E-state index is 12.8. The summed E-state index contributed by atoms with van der Waals surface area (Å²) in [5, 5.41) is 9.34. The molecular formula is C15H28N2O3S. The molecule has 1 N–H and O–H groups in total. The highest BCUT2D eigenvalue weighted by Gasteiger charge is 2.43. The Hall–Kier alpha value is -0.910. The van der Waals surface area contributed by atoms with Crippen molar-refractivity contribution in [2.45, 2.75) is 64.9 Å². The minimum atomic E-state index is -0.911. The Labute approximate surface area is 132 Å². The molecule has 0 aromatic rings. The molecule has 0 bridgehead atoms. The summed E-state index contributed by atoms with van der Waals surface area (Å²) in [4.78, 5) is 27.5. The van der Waals surface area contributed by atoms with Crippen LogP contribution in [-0.4, -0.2) is 57.2 Å². The van der Waals surface area contributed by atoms with Crippen LogP contribution in [0.1, 0.15) is 47.5 Å². The van der Waals surface area contributed by atoms with Gasteiger partial charge in [-0.15, -0.1) is 11.8 Å². The molecule has 21 heavy (non-hydrogen) atoms. The quantitative estimate of drug-likeness (QED) is 0.866. The van der Waals surface area contributed by atoms with Crippen molar-refractivity contribution in [1.29, 1.82) is 0 Å². The SMILES string of the molecule is CCCC1SCC(C(=O)O)N1C(=O)N(C)C(C)C(C)(C)C. The van der Waals surface area contributed by atoms with E-state index in [4.69, 9.17) is 0 Å². The molecule has 1 fully saturated rings. The Kier molecular flexibility index (Phi) is 5.96. The molecular weight excluding hydrogens is 288 g/mol. The van der Waals surface area contributed by atoms with Crippen molar-refractivity contribution in [1.82, 2.24) is 9.80 Å². The highest BCUT2D eigenvalue weighted by Crippen LogP contribution is 2.34. The second kappa shape index (κ2) is 6.90. The molecule has 122 valence electrons. The van der Waals surface area contributed by atoms with Gasteiger partial charge in [0.2, 0.25) is 0 Å². The van der Waals surface area contributed by atoms with Gasteiger partial charge in [-0.05, 0) is 18.8 Å². The van der Waals surface area contributed by atoms with Crippen molar-refractivity contribution in [2.24, 2.45) is 5.41 Å². The molecule has 1 saturated heterocycles. The molecule has 1 rings (SSSR count). The van der Waals surface area contributed by atoms with Crippen molar-refractivity contribution in [3.63, 3.8) is 0 Å². The zero-order valence-corrected chi connectivity index (χ0v) is 14.7. The van der Waals surface area contributed by atoms with Crippen LogP contribution >= 0.6 is 11.8 Å². The summed E-state index contributed by atoms with van der Waals surface area (Å²) in [7, 11) is 1.77. The molecule has 0 radical (unpaired) electrons. The third-order valence-corrected chi connectivity index (χ3v) is 5.63. The van der Waals surface area contributed by atoms with Crippen molar-refractivity contribution in [3.05, 3.63) is 0 Å². The summed E-state index contributed by atoms with van der Waals surface area (Å²) in [6, 6.07) is -0.853. The van der Waals surface area contributed by atoms with Gasteiger partial charge >= 0.3 is 12.0 Å². The standard InChI is InChI=1S/C15H28N2O3S/c1-7-8-12-17(11(9-21-12)13(18)19)14(20)16(6)10(2)15(3,4)5/h10-12H,7-9H2,1-6H3,(H,18,19). The highest BCUT2D eigenvalue weighted by atomic mass is 32.2. The van der Waals surface area contributed by atoms with Gasteiger partial charge in [-0.3, -0.25) is 4.90 Å². The van der Waals surface area contributed by atoms with Crippen molar-refractivity contribution < 1.29 is 14.7 Å². The number of hydrogen-bond acceptors (Lipinski definition) is 3. The van der Waals surface area contributed by atoms with Gasteiger partial charge in [0.1, 0.15) is 6.04 Å². The van der Waals surface area contributed by atoms with E-state index in [0.29, 0.717) is 5.75 Å². The molecule has 0 aliphatic carbocycles. The molecule has 0 saturated carbocycles. The van der Waals surface area contributed by atoms with Crippen LogP contribution in [-0.2, 0) is 4.79 Å². The topological polar surface area (TPSA) is 60.9 Å². The van der Waals surface area contributed by atoms with Gasteiger partial charge in [-0.1, -0.05) is 34.1 Å². The number of carbonyl (C=O) groups excluding carboxylic acids is 1. The summed E-state index contributed by atoms with van der Waals surface area (Å²) in [6.45, 7) is 10.3. The fourth-order valence-electron chi connectivity index (χ4n) is 2.41. The number of nitrogens with zero attached hydrogens (tertiary/aromatic N) is 2. The predicted molar refractivity (Wildman–Crippen MR) is 86.5 cm³/mol. The lowest BCUT2D eigenvalue weighted by molar-refractivity contribution is -0.141. The Morgan fingerprint density at radius 1 is 1.43 bits per heavy atom. The number of hydrogen-bond donors (Lipinski definition) is 1. The number of carbonyl (C=O) groups is 2. The molecule has 3 unspecified atom stereocenters. The van der Waals surface area contributed by atoms with E-state index < -0.39 is 12.0 Å². The van der Waals surface area contributed by atoms with Crippen LogP contribution in [0, 0.1) is 5.41 Å². The lowest BCUT2D eigenvalue weighted by atomic mass is 9.87. The summed E-state index contributed by atoms with van der Waals surface area (Å²) in [5.74, 6) is -0.435. The Morgan fingerprint density at radius 3 is 2.43 bits per heavy atom. The minimum Gasteiger partial charge on any atom is -0.480 e. The molecule has 0 spiro atoms. The van der Waals surface area contributed by atoms with E-state index in [1.807, 2.05) is 6.92 Å². The largest absolute Gasteiger partial charge is 0.480 e. The number of aliphatic carboxylic acids is 1. The third-order valence-electron chi connectivity index (χ3n) is 4.27. The molecule has 0 aromatic carbocycles. The zero-order valence-electron chi connectivity index (χ0n) is 13.9.